The molecule has 0 radical (unpaired) electrons. The summed E-state index contributed by atoms with van der Waals surface area (Å²) < 4.78 is 0.623. The summed E-state index contributed by atoms with van der Waals surface area (Å²) in [5.74, 6) is -0.298. The fraction of sp³-hybridized carbons (Fsp3) is 0.385. The zero-order chi connectivity index (χ0) is 14.2. The van der Waals surface area contributed by atoms with Gasteiger partial charge in [-0.25, -0.2) is 0 Å². The van der Waals surface area contributed by atoms with E-state index < -0.39 is 5.54 Å². The van der Waals surface area contributed by atoms with Crippen molar-refractivity contribution < 1.29 is 9.59 Å². The summed E-state index contributed by atoms with van der Waals surface area (Å²) >= 11 is 9.40. The van der Waals surface area contributed by atoms with Crippen LogP contribution in [0.3, 0.4) is 0 Å². The summed E-state index contributed by atoms with van der Waals surface area (Å²) in [5.41, 5.74) is -0.246. The molecule has 0 saturated carbocycles. The van der Waals surface area contributed by atoms with Crippen LogP contribution in [-0.4, -0.2) is 23.9 Å². The SMILES string of the molecule is CCC1(C)NC(=O)CN(c2cccc(Cl)c2Br)C1=O. The molecule has 6 heteroatoms. The molecule has 1 aromatic carbocycles. The van der Waals surface area contributed by atoms with Crippen LogP contribution < -0.4 is 10.2 Å². The van der Waals surface area contributed by atoms with Gasteiger partial charge < -0.3 is 5.32 Å². The monoisotopic (exact) mass is 344 g/mol. The molecule has 1 aromatic rings. The van der Waals surface area contributed by atoms with Gasteiger partial charge in [-0.15, -0.1) is 0 Å². The molecule has 2 amide bonds. The molecule has 102 valence electrons. The maximum atomic E-state index is 12.5. The number of piperazine rings is 1. The topological polar surface area (TPSA) is 49.4 Å². The summed E-state index contributed by atoms with van der Waals surface area (Å²) in [6.07, 6.45) is 0.534. The molecular formula is C13H14BrClN2O2. The van der Waals surface area contributed by atoms with Gasteiger partial charge in [0, 0.05) is 0 Å². The maximum Gasteiger partial charge on any atom is 0.252 e. The summed E-state index contributed by atoms with van der Waals surface area (Å²) in [6, 6.07) is 5.25. The number of carbonyl (C=O) groups excluding carboxylic acids is 2. The van der Waals surface area contributed by atoms with Crippen LogP contribution in [0.4, 0.5) is 5.69 Å². The Bertz CT molecular complexity index is 549. The molecule has 1 N–H and O–H groups in total. The molecular weight excluding hydrogens is 332 g/mol. The van der Waals surface area contributed by atoms with Crippen molar-refractivity contribution >= 4 is 45.0 Å². The minimum atomic E-state index is -0.864. The van der Waals surface area contributed by atoms with Gasteiger partial charge in [-0.3, -0.25) is 14.5 Å². The van der Waals surface area contributed by atoms with E-state index in [-0.39, 0.29) is 18.4 Å². The van der Waals surface area contributed by atoms with Crippen LogP contribution in [0, 0.1) is 0 Å². The van der Waals surface area contributed by atoms with Crippen LogP contribution >= 0.6 is 27.5 Å². The molecule has 1 atom stereocenters. The zero-order valence-electron chi connectivity index (χ0n) is 10.7. The van der Waals surface area contributed by atoms with Gasteiger partial charge in [0.1, 0.15) is 12.1 Å². The average molecular weight is 346 g/mol. The largest absolute Gasteiger partial charge is 0.340 e. The van der Waals surface area contributed by atoms with Crippen LogP contribution in [-0.2, 0) is 9.59 Å². The Balaban J connectivity index is 2.46. The fourth-order valence-electron chi connectivity index (χ4n) is 2.05. The van der Waals surface area contributed by atoms with Crippen LogP contribution in [0.15, 0.2) is 22.7 Å². The maximum absolute atomic E-state index is 12.5. The van der Waals surface area contributed by atoms with Gasteiger partial charge in [0.25, 0.3) is 5.91 Å². The van der Waals surface area contributed by atoms with Crippen molar-refractivity contribution in [3.8, 4) is 0 Å². The molecule has 0 aliphatic carbocycles. The van der Waals surface area contributed by atoms with Crippen molar-refractivity contribution in [3.63, 3.8) is 0 Å². The Labute approximate surface area is 125 Å². The van der Waals surface area contributed by atoms with Crippen LogP contribution in [0.25, 0.3) is 0 Å². The van der Waals surface area contributed by atoms with Gasteiger partial charge in [0.05, 0.1) is 15.2 Å². The van der Waals surface area contributed by atoms with Crippen molar-refractivity contribution in [2.45, 2.75) is 25.8 Å². The van der Waals surface area contributed by atoms with E-state index in [0.29, 0.717) is 21.6 Å². The van der Waals surface area contributed by atoms with Crippen molar-refractivity contribution in [1.29, 1.82) is 0 Å². The smallest absolute Gasteiger partial charge is 0.252 e. The molecule has 1 unspecified atom stereocenters. The Morgan fingerprint density at radius 3 is 2.79 bits per heavy atom. The van der Waals surface area contributed by atoms with Gasteiger partial charge in [-0.2, -0.15) is 0 Å². The molecule has 1 aliphatic rings. The van der Waals surface area contributed by atoms with E-state index in [2.05, 4.69) is 21.2 Å². The van der Waals surface area contributed by atoms with Crippen LogP contribution in [0.2, 0.25) is 5.02 Å². The van der Waals surface area contributed by atoms with Gasteiger partial charge in [0.2, 0.25) is 5.91 Å². The summed E-state index contributed by atoms with van der Waals surface area (Å²) in [5, 5.41) is 3.26. The van der Waals surface area contributed by atoms with Gasteiger partial charge >= 0.3 is 0 Å². The van der Waals surface area contributed by atoms with Crippen molar-refractivity contribution in [1.82, 2.24) is 5.32 Å². The third-order valence-electron chi connectivity index (χ3n) is 3.36. The Kier molecular flexibility index (Phi) is 3.87. The molecule has 0 spiro atoms. The van der Waals surface area contributed by atoms with Crippen molar-refractivity contribution in [2.75, 3.05) is 11.4 Å². The predicted octanol–water partition coefficient (Wildman–Crippen LogP) is 2.73. The quantitative estimate of drug-likeness (QED) is 0.896. The van der Waals surface area contributed by atoms with Crippen molar-refractivity contribution in [2.24, 2.45) is 0 Å². The molecule has 0 aromatic heterocycles. The van der Waals surface area contributed by atoms with E-state index in [1.807, 2.05) is 6.92 Å². The Hall–Kier alpha value is -1.07. The lowest BCUT2D eigenvalue weighted by atomic mass is 9.94. The van der Waals surface area contributed by atoms with Crippen molar-refractivity contribution in [3.05, 3.63) is 27.7 Å². The van der Waals surface area contributed by atoms with Gasteiger partial charge in [0.15, 0.2) is 0 Å². The van der Waals surface area contributed by atoms with E-state index >= 15 is 0 Å². The second-order valence-electron chi connectivity index (χ2n) is 4.70. The molecule has 1 saturated heterocycles. The van der Waals surface area contributed by atoms with E-state index in [4.69, 9.17) is 11.6 Å². The molecule has 4 nitrogen and oxygen atoms in total. The highest BCUT2D eigenvalue weighted by atomic mass is 79.9. The first-order valence-corrected chi connectivity index (χ1v) is 7.13. The third kappa shape index (κ3) is 2.49. The lowest BCUT2D eigenvalue weighted by Gasteiger charge is -2.39. The first kappa shape index (κ1) is 14.3. The summed E-state index contributed by atoms with van der Waals surface area (Å²) in [6.45, 7) is 3.61. The van der Waals surface area contributed by atoms with Gasteiger partial charge in [-0.1, -0.05) is 24.6 Å². The average Bonchev–Trinajstić information content (AvgIpc) is 2.37. The lowest BCUT2D eigenvalue weighted by Crippen LogP contribution is -2.65. The number of hydrogen-bond acceptors (Lipinski definition) is 2. The number of rotatable bonds is 2. The third-order valence-corrected chi connectivity index (χ3v) is 4.74. The minimum Gasteiger partial charge on any atom is -0.340 e. The predicted molar refractivity (Wildman–Crippen MR) is 78.3 cm³/mol. The van der Waals surface area contributed by atoms with E-state index in [1.54, 1.807) is 25.1 Å². The number of nitrogens with zero attached hydrogens (tertiary/aromatic N) is 1. The van der Waals surface area contributed by atoms with Crippen LogP contribution in [0.1, 0.15) is 20.3 Å². The van der Waals surface area contributed by atoms with E-state index in [0.717, 1.165) is 0 Å². The Morgan fingerprint density at radius 1 is 1.47 bits per heavy atom. The number of carbonyl (C=O) groups is 2. The molecule has 0 bridgehead atoms. The molecule has 2 rings (SSSR count). The minimum absolute atomic E-state index is 0.00731. The number of halogens is 2. The molecule has 19 heavy (non-hydrogen) atoms. The van der Waals surface area contributed by atoms with E-state index in [1.165, 1.54) is 4.90 Å². The highest BCUT2D eigenvalue weighted by Crippen LogP contribution is 2.35. The van der Waals surface area contributed by atoms with Crippen LogP contribution in [0.5, 0.6) is 0 Å². The lowest BCUT2D eigenvalue weighted by molar-refractivity contribution is -0.135. The fourth-order valence-corrected chi connectivity index (χ4v) is 2.70. The summed E-state index contributed by atoms with van der Waals surface area (Å²) in [4.78, 5) is 25.8. The zero-order valence-corrected chi connectivity index (χ0v) is 13.0. The highest BCUT2D eigenvalue weighted by molar-refractivity contribution is 9.10. The number of hydrogen-bond donors (Lipinski definition) is 1. The number of anilines is 1. The second-order valence-corrected chi connectivity index (χ2v) is 5.90. The normalized spacial score (nSPS) is 23.5. The number of nitrogens with one attached hydrogen (secondary N) is 1. The molecule has 1 aliphatic heterocycles. The van der Waals surface area contributed by atoms with E-state index in [9.17, 15) is 9.59 Å². The summed E-state index contributed by atoms with van der Waals surface area (Å²) in [7, 11) is 0. The highest BCUT2D eigenvalue weighted by Gasteiger charge is 2.42. The molecule has 1 heterocycles. The number of amides is 2. The standard InChI is InChI=1S/C13H14BrClN2O2/c1-3-13(2)12(19)17(7-10(18)16-13)9-6-4-5-8(15)11(9)14/h4-6H,3,7H2,1-2H3,(H,16,18). The molecule has 1 fully saturated rings. The second kappa shape index (κ2) is 5.13. The number of benzene rings is 1. The first-order valence-electron chi connectivity index (χ1n) is 5.96. The first-order chi connectivity index (χ1) is 8.89. The van der Waals surface area contributed by atoms with Gasteiger partial charge in [-0.05, 0) is 41.4 Å². The Morgan fingerprint density at radius 2 is 2.16 bits per heavy atom.